The van der Waals surface area contributed by atoms with E-state index in [2.05, 4.69) is 6.60 Å². The quantitative estimate of drug-likeness (QED) is 0.502. The van der Waals surface area contributed by atoms with E-state index in [1.54, 1.807) is 0 Å². The predicted molar refractivity (Wildman–Crippen MR) is 34.9 cm³/mol. The Balaban J connectivity index is 0. The Hall–Kier alpha value is 2.00. The first-order chi connectivity index (χ1) is 3.81. The molecule has 46 valence electrons. The van der Waals surface area contributed by atoms with Gasteiger partial charge >= 0.3 is 52.0 Å². The van der Waals surface area contributed by atoms with Gasteiger partial charge in [0.05, 0.1) is 13.2 Å². The molecule has 3 N–H and O–H groups in total. The van der Waals surface area contributed by atoms with Crippen LogP contribution in [0.4, 0.5) is 0 Å². The van der Waals surface area contributed by atoms with E-state index < -0.39 is 6.10 Å². The van der Waals surface area contributed by atoms with Gasteiger partial charge in [-0.15, -0.1) is 0 Å². The average molecular weight is 211 g/mol. The van der Waals surface area contributed by atoms with Crippen molar-refractivity contribution in [2.24, 2.45) is 0 Å². The predicted octanol–water partition coefficient (Wildman–Crippen LogP) is -1.20. The second-order valence-corrected chi connectivity index (χ2v) is 1.02. The number of hydrogen-bond donors (Lipinski definition) is 3. The molecule has 0 spiro atoms. The van der Waals surface area contributed by atoms with E-state index in [0.29, 0.717) is 0 Å². The minimum absolute atomic E-state index is 0.365. The zero-order valence-electron chi connectivity index (χ0n) is 4.71. The second-order valence-electron chi connectivity index (χ2n) is 1.02. The van der Waals surface area contributed by atoms with Crippen molar-refractivity contribution in [1.29, 1.82) is 0 Å². The number of halogens is 1. The summed E-state index contributed by atoms with van der Waals surface area (Å²) >= 11 is 0.875. The normalized spacial score (nSPS) is 8.38. The molecule has 0 aromatic carbocycles. The Bertz CT molecular complexity index is 33.7. The van der Waals surface area contributed by atoms with Crippen LogP contribution in [0.3, 0.4) is 0 Å². The molecular formula is C3H8BrKO3. The summed E-state index contributed by atoms with van der Waals surface area (Å²) in [5.41, 5.74) is 0. The van der Waals surface area contributed by atoms with Gasteiger partial charge in [-0.3, -0.25) is 0 Å². The monoisotopic (exact) mass is 210 g/mol. The standard InChI is InChI=1S/C3H8O3.BrH.K/c4-1-3(6)2-5;;/h3-6H,1-2H2;1H;/q;;+1/p-1. The van der Waals surface area contributed by atoms with Gasteiger partial charge in [0.15, 0.2) is 0 Å². The molecule has 0 heterocycles. The SMILES string of the molecule is OCC(O)CO.[K][Br]. The van der Waals surface area contributed by atoms with Crippen LogP contribution in [0, 0.1) is 0 Å². The molecule has 0 aromatic heterocycles. The van der Waals surface area contributed by atoms with Crippen molar-refractivity contribution in [3.05, 3.63) is 0 Å². The molecule has 0 fully saturated rings. The maximum absolute atomic E-state index is 8.17. The first-order valence-corrected chi connectivity index (χ1v) is 9.80. The van der Waals surface area contributed by atoms with Crippen LogP contribution in [-0.2, 0) is 0 Å². The molecule has 0 saturated carbocycles. The third-order valence-electron chi connectivity index (χ3n) is 0.421. The third kappa shape index (κ3) is 10.9. The van der Waals surface area contributed by atoms with E-state index in [-0.39, 0.29) is 13.2 Å². The van der Waals surface area contributed by atoms with Gasteiger partial charge in [0.25, 0.3) is 0 Å². The van der Waals surface area contributed by atoms with Gasteiger partial charge in [-0.05, 0) is 0 Å². The van der Waals surface area contributed by atoms with E-state index in [0.717, 1.165) is 45.4 Å². The summed E-state index contributed by atoms with van der Waals surface area (Å²) in [6.45, 7) is 2.40. The Kier molecular flexibility index (Phi) is 18.6. The average Bonchev–Trinajstić information content (AvgIpc) is 1.91. The van der Waals surface area contributed by atoms with Crippen LogP contribution in [-0.4, -0.2) is 80.1 Å². The zero-order valence-corrected chi connectivity index (χ0v) is 9.42. The molecule has 0 unspecified atom stereocenters. The Morgan fingerprint density at radius 3 is 1.50 bits per heavy atom. The van der Waals surface area contributed by atoms with Crippen molar-refractivity contribution in [2.45, 2.75) is 6.10 Å². The Labute approximate surface area is 84.9 Å². The number of rotatable bonds is 2. The number of hydrogen-bond acceptors (Lipinski definition) is 3. The van der Waals surface area contributed by atoms with Crippen molar-refractivity contribution in [3.63, 3.8) is 0 Å². The first kappa shape index (κ1) is 12.7. The van der Waals surface area contributed by atoms with Gasteiger partial charge in [0.1, 0.15) is 6.10 Å². The van der Waals surface area contributed by atoms with Gasteiger partial charge in [0, 0.05) is 0 Å². The Morgan fingerprint density at radius 2 is 1.50 bits per heavy atom. The molecule has 8 heavy (non-hydrogen) atoms. The molecule has 0 aliphatic heterocycles. The van der Waals surface area contributed by atoms with Crippen molar-refractivity contribution >= 4 is 52.0 Å². The van der Waals surface area contributed by atoms with Crippen LogP contribution in [0.1, 0.15) is 0 Å². The summed E-state index contributed by atoms with van der Waals surface area (Å²) in [5, 5.41) is 24.0. The molecule has 0 radical (unpaired) electrons. The van der Waals surface area contributed by atoms with E-state index in [4.69, 9.17) is 15.3 Å². The molecule has 0 rings (SSSR count). The van der Waals surface area contributed by atoms with Crippen molar-refractivity contribution in [3.8, 4) is 0 Å². The molecular weight excluding hydrogens is 203 g/mol. The summed E-state index contributed by atoms with van der Waals surface area (Å²) in [6, 6.07) is 0. The molecule has 0 aliphatic carbocycles. The molecule has 3 nitrogen and oxygen atoms in total. The van der Waals surface area contributed by atoms with Crippen LogP contribution >= 0.6 is 6.60 Å². The van der Waals surface area contributed by atoms with Crippen LogP contribution in [0.5, 0.6) is 0 Å². The fourth-order valence-corrected chi connectivity index (χ4v) is 0.0577. The number of aliphatic hydroxyl groups excluding tert-OH is 3. The summed E-state index contributed by atoms with van der Waals surface area (Å²) in [4.78, 5) is 0. The van der Waals surface area contributed by atoms with Crippen LogP contribution in [0.2, 0.25) is 0 Å². The molecule has 0 saturated heterocycles. The molecule has 5 heteroatoms. The van der Waals surface area contributed by atoms with Crippen molar-refractivity contribution < 1.29 is 15.3 Å². The number of aliphatic hydroxyl groups is 3. The molecule has 0 amide bonds. The molecule has 0 aromatic rings. The van der Waals surface area contributed by atoms with Crippen LogP contribution < -0.4 is 0 Å². The third-order valence-corrected chi connectivity index (χ3v) is 0.421. The molecule has 0 bridgehead atoms. The Morgan fingerprint density at radius 1 is 1.25 bits per heavy atom. The fourth-order valence-electron chi connectivity index (χ4n) is 0.0577. The van der Waals surface area contributed by atoms with E-state index in [1.165, 1.54) is 0 Å². The van der Waals surface area contributed by atoms with Crippen LogP contribution in [0.15, 0.2) is 0 Å². The van der Waals surface area contributed by atoms with Gasteiger partial charge in [-0.25, -0.2) is 0 Å². The fraction of sp³-hybridized carbons (Fsp3) is 1.00. The van der Waals surface area contributed by atoms with E-state index in [9.17, 15) is 0 Å². The maximum atomic E-state index is 8.17. The molecule has 0 aliphatic rings. The summed E-state index contributed by atoms with van der Waals surface area (Å²) in [5.74, 6) is 0. The van der Waals surface area contributed by atoms with Gasteiger partial charge in [0.2, 0.25) is 0 Å². The first-order valence-electron chi connectivity index (χ1n) is 2.09. The topological polar surface area (TPSA) is 60.7 Å². The van der Waals surface area contributed by atoms with Gasteiger partial charge < -0.3 is 15.3 Å². The summed E-state index contributed by atoms with van der Waals surface area (Å²) in [6.07, 6.45) is -0.954. The van der Waals surface area contributed by atoms with Crippen molar-refractivity contribution in [1.82, 2.24) is 0 Å². The van der Waals surface area contributed by atoms with Gasteiger partial charge in [-0.1, -0.05) is 0 Å². The van der Waals surface area contributed by atoms with Gasteiger partial charge in [-0.2, -0.15) is 0 Å². The van der Waals surface area contributed by atoms with E-state index in [1.807, 2.05) is 0 Å². The van der Waals surface area contributed by atoms with Crippen LogP contribution in [0.25, 0.3) is 0 Å². The second kappa shape index (κ2) is 11.8. The summed E-state index contributed by atoms with van der Waals surface area (Å²) < 4.78 is 0. The van der Waals surface area contributed by atoms with Crippen molar-refractivity contribution in [2.75, 3.05) is 13.2 Å². The minimum atomic E-state index is -0.954. The summed E-state index contributed by atoms with van der Waals surface area (Å²) in [7, 11) is 0. The molecule has 0 atom stereocenters. The zero-order chi connectivity index (χ0) is 6.99. The van der Waals surface area contributed by atoms with E-state index >= 15 is 0 Å².